The van der Waals surface area contributed by atoms with Crippen molar-refractivity contribution in [3.05, 3.63) is 44.8 Å². The molecular weight excluding hydrogens is 169 g/mol. The van der Waals surface area contributed by atoms with Crippen LogP contribution in [0.1, 0.15) is 5.56 Å². The summed E-state index contributed by atoms with van der Waals surface area (Å²) in [5, 5.41) is 12.1. The lowest BCUT2D eigenvalue weighted by Gasteiger charge is -1.90. The van der Waals surface area contributed by atoms with Crippen LogP contribution in [-0.4, -0.2) is 0 Å². The van der Waals surface area contributed by atoms with Crippen LogP contribution in [0.4, 0.5) is 4.39 Å². The first-order valence-corrected chi connectivity index (χ1v) is 3.16. The maximum atomic E-state index is 12.7. The van der Waals surface area contributed by atoms with Crippen LogP contribution >= 0.6 is 11.6 Å². The summed E-state index contributed by atoms with van der Waals surface area (Å²) in [6.45, 7) is 0. The fraction of sp³-hybridized carbons (Fsp3) is 0. The van der Waals surface area contributed by atoms with Crippen molar-refractivity contribution in [2.45, 2.75) is 0 Å². The molecule has 0 saturated heterocycles. The third-order valence-electron chi connectivity index (χ3n) is 1.12. The number of halogens is 2. The van der Waals surface area contributed by atoms with Crippen molar-refractivity contribution in [3.63, 3.8) is 0 Å². The van der Waals surface area contributed by atoms with Gasteiger partial charge < -0.3 is 5.21 Å². The Bertz CT molecular complexity index is 309. The third kappa shape index (κ3) is 1.60. The minimum Gasteiger partial charge on any atom is -0.498 e. The molecule has 0 spiro atoms. The van der Waals surface area contributed by atoms with E-state index in [-0.39, 0.29) is 10.6 Å². The van der Waals surface area contributed by atoms with Gasteiger partial charge in [-0.3, -0.25) is 0 Å². The fourth-order valence-corrected chi connectivity index (χ4v) is 0.856. The van der Waals surface area contributed by atoms with E-state index in [2.05, 4.69) is 5.01 Å². The predicted octanol–water partition coefficient (Wildman–Crippen LogP) is 2.66. The number of rotatable bonds is 0. The van der Waals surface area contributed by atoms with Gasteiger partial charge >= 0.3 is 6.07 Å². The van der Waals surface area contributed by atoms with E-state index in [9.17, 15) is 9.60 Å². The second-order valence-corrected chi connectivity index (χ2v) is 2.21. The lowest BCUT2D eigenvalue weighted by atomic mass is 10.2. The van der Waals surface area contributed by atoms with Crippen molar-refractivity contribution in [1.82, 2.24) is 0 Å². The molecule has 0 amide bonds. The zero-order chi connectivity index (χ0) is 8.27. The molecule has 56 valence electrons. The first kappa shape index (κ1) is 7.83. The highest BCUT2D eigenvalue weighted by molar-refractivity contribution is 6.31. The van der Waals surface area contributed by atoms with Crippen LogP contribution in [-0.2, 0) is 0 Å². The average Bonchev–Trinajstić information content (AvgIpc) is 1.97. The van der Waals surface area contributed by atoms with Gasteiger partial charge in [0.15, 0.2) is 5.56 Å². The minimum absolute atomic E-state index is 0.0934. The molecular formula is C7H3ClFNO. The van der Waals surface area contributed by atoms with Crippen molar-refractivity contribution < 1.29 is 4.39 Å². The largest absolute Gasteiger partial charge is 0.498 e. The SMILES string of the molecule is [O-][N+]#Cc1c(F)cccc1Cl. The maximum Gasteiger partial charge on any atom is 0.341 e. The zero-order valence-electron chi connectivity index (χ0n) is 5.34. The number of benzene rings is 1. The van der Waals surface area contributed by atoms with Crippen molar-refractivity contribution in [2.75, 3.05) is 0 Å². The molecule has 0 radical (unpaired) electrons. The maximum absolute atomic E-state index is 12.7. The van der Waals surface area contributed by atoms with Crippen LogP contribution in [0.5, 0.6) is 0 Å². The quantitative estimate of drug-likeness (QED) is 0.552. The number of hydrogen-bond donors (Lipinski definition) is 0. The molecule has 0 unspecified atom stereocenters. The molecule has 0 aromatic heterocycles. The number of hydrogen-bond acceptors (Lipinski definition) is 1. The lowest BCUT2D eigenvalue weighted by molar-refractivity contribution is 0.624. The molecule has 0 saturated carbocycles. The van der Waals surface area contributed by atoms with E-state index in [0.29, 0.717) is 0 Å². The monoisotopic (exact) mass is 171 g/mol. The Morgan fingerprint density at radius 1 is 1.55 bits per heavy atom. The summed E-state index contributed by atoms with van der Waals surface area (Å²) < 4.78 is 12.7. The van der Waals surface area contributed by atoms with Gasteiger partial charge in [0.05, 0.1) is 5.02 Å². The highest BCUT2D eigenvalue weighted by atomic mass is 35.5. The van der Waals surface area contributed by atoms with Gasteiger partial charge in [-0.25, -0.2) is 4.39 Å². The van der Waals surface area contributed by atoms with Crippen LogP contribution in [0.3, 0.4) is 0 Å². The Labute approximate surface area is 67.6 Å². The van der Waals surface area contributed by atoms with Gasteiger partial charge in [-0.1, -0.05) is 17.7 Å². The highest BCUT2D eigenvalue weighted by Crippen LogP contribution is 2.17. The van der Waals surface area contributed by atoms with Gasteiger partial charge in [0, 0.05) is 5.01 Å². The van der Waals surface area contributed by atoms with Gasteiger partial charge in [-0.2, -0.15) is 0 Å². The summed E-state index contributed by atoms with van der Waals surface area (Å²) in [6.07, 6.45) is 0. The molecule has 1 aromatic rings. The van der Waals surface area contributed by atoms with Crippen molar-refractivity contribution in [1.29, 1.82) is 0 Å². The average molecular weight is 172 g/mol. The van der Waals surface area contributed by atoms with Crippen molar-refractivity contribution in [3.8, 4) is 6.07 Å². The van der Waals surface area contributed by atoms with E-state index in [1.54, 1.807) is 0 Å². The van der Waals surface area contributed by atoms with Crippen LogP contribution < -0.4 is 0 Å². The summed E-state index contributed by atoms with van der Waals surface area (Å²) in [4.78, 5) is 0. The standard InChI is InChI=1S/C7H3ClFNO/c8-6-2-1-3-7(9)5(6)4-10-11/h1-3H. The lowest BCUT2D eigenvalue weighted by Crippen LogP contribution is -1.82. The van der Waals surface area contributed by atoms with E-state index < -0.39 is 5.82 Å². The third-order valence-corrected chi connectivity index (χ3v) is 1.44. The molecule has 0 heterocycles. The molecule has 0 fully saturated rings. The van der Waals surface area contributed by atoms with Crippen LogP contribution in [0, 0.1) is 17.1 Å². The van der Waals surface area contributed by atoms with Gasteiger partial charge in [0.25, 0.3) is 0 Å². The minimum atomic E-state index is -0.600. The molecule has 0 bridgehead atoms. The summed E-state index contributed by atoms with van der Waals surface area (Å²) in [7, 11) is 0. The molecule has 2 nitrogen and oxygen atoms in total. The Morgan fingerprint density at radius 3 is 2.82 bits per heavy atom. The molecule has 0 N–H and O–H groups in total. The fourth-order valence-electron chi connectivity index (χ4n) is 0.650. The van der Waals surface area contributed by atoms with Crippen LogP contribution in [0.2, 0.25) is 5.02 Å². The van der Waals surface area contributed by atoms with E-state index in [0.717, 1.165) is 0 Å². The molecule has 0 aliphatic carbocycles. The summed E-state index contributed by atoms with van der Waals surface area (Å²) in [5.41, 5.74) is -0.0934. The molecule has 0 aliphatic heterocycles. The second-order valence-electron chi connectivity index (χ2n) is 1.80. The first-order chi connectivity index (χ1) is 5.25. The van der Waals surface area contributed by atoms with E-state index in [1.165, 1.54) is 18.2 Å². The molecule has 0 aliphatic rings. The van der Waals surface area contributed by atoms with E-state index >= 15 is 0 Å². The Hall–Kier alpha value is -1.27. The Kier molecular flexibility index (Phi) is 2.29. The second kappa shape index (κ2) is 3.22. The van der Waals surface area contributed by atoms with Gasteiger partial charge in [-0.15, -0.1) is 0 Å². The molecule has 0 atom stereocenters. The van der Waals surface area contributed by atoms with E-state index in [4.69, 9.17) is 11.6 Å². The van der Waals surface area contributed by atoms with Crippen molar-refractivity contribution >= 4 is 11.6 Å². The summed E-state index contributed by atoms with van der Waals surface area (Å²) in [5.74, 6) is -0.600. The highest BCUT2D eigenvalue weighted by Gasteiger charge is 2.08. The predicted molar refractivity (Wildman–Crippen MR) is 41.1 cm³/mol. The topological polar surface area (TPSA) is 27.4 Å². The van der Waals surface area contributed by atoms with Crippen LogP contribution in [0.15, 0.2) is 18.2 Å². The van der Waals surface area contributed by atoms with E-state index in [1.807, 2.05) is 6.07 Å². The van der Waals surface area contributed by atoms with Crippen LogP contribution in [0.25, 0.3) is 5.01 Å². The molecule has 1 rings (SSSR count). The zero-order valence-corrected chi connectivity index (χ0v) is 6.10. The Balaban J connectivity index is 3.28. The molecule has 11 heavy (non-hydrogen) atoms. The van der Waals surface area contributed by atoms with Gasteiger partial charge in [0.1, 0.15) is 5.82 Å². The molecule has 1 aromatic carbocycles. The Morgan fingerprint density at radius 2 is 2.27 bits per heavy atom. The number of nitrogens with zero attached hydrogens (tertiary/aromatic N) is 1. The van der Waals surface area contributed by atoms with Crippen molar-refractivity contribution in [2.24, 2.45) is 0 Å². The first-order valence-electron chi connectivity index (χ1n) is 2.78. The summed E-state index contributed by atoms with van der Waals surface area (Å²) >= 11 is 5.51. The smallest absolute Gasteiger partial charge is 0.341 e. The van der Waals surface area contributed by atoms with Gasteiger partial charge in [0.2, 0.25) is 0 Å². The normalized spacial score (nSPS) is 8.55. The molecule has 4 heteroatoms. The van der Waals surface area contributed by atoms with Gasteiger partial charge in [-0.05, 0) is 12.1 Å². The summed E-state index contributed by atoms with van der Waals surface area (Å²) in [6, 6.07) is 5.98.